The molecule has 0 amide bonds. The Hall–Kier alpha value is -1.02. The molecule has 17 heavy (non-hydrogen) atoms. The van der Waals surface area contributed by atoms with Gasteiger partial charge in [-0.05, 0) is 49.9 Å². The van der Waals surface area contributed by atoms with Gasteiger partial charge in [0.1, 0.15) is 0 Å². The van der Waals surface area contributed by atoms with E-state index in [9.17, 15) is 0 Å². The van der Waals surface area contributed by atoms with E-state index in [2.05, 4.69) is 48.3 Å². The van der Waals surface area contributed by atoms with Gasteiger partial charge in [0.2, 0.25) is 0 Å². The van der Waals surface area contributed by atoms with Gasteiger partial charge in [-0.25, -0.2) is 0 Å². The summed E-state index contributed by atoms with van der Waals surface area (Å²) in [6.45, 7) is 8.75. The molecule has 2 rings (SSSR count). The number of benzene rings is 1. The zero-order chi connectivity index (χ0) is 12.1. The van der Waals surface area contributed by atoms with Gasteiger partial charge in [0, 0.05) is 25.3 Å². The van der Waals surface area contributed by atoms with Crippen LogP contribution in [0.1, 0.15) is 32.3 Å². The van der Waals surface area contributed by atoms with Gasteiger partial charge in [0.25, 0.3) is 0 Å². The van der Waals surface area contributed by atoms with Crippen LogP contribution in [-0.4, -0.2) is 19.6 Å². The van der Waals surface area contributed by atoms with Crippen LogP contribution in [0, 0.1) is 5.92 Å². The molecule has 0 atom stereocenters. The molecule has 0 saturated heterocycles. The van der Waals surface area contributed by atoms with Crippen molar-refractivity contribution in [2.24, 2.45) is 5.92 Å². The van der Waals surface area contributed by atoms with Gasteiger partial charge in [-0.15, -0.1) is 0 Å². The van der Waals surface area contributed by atoms with Crippen molar-refractivity contribution in [3.8, 4) is 0 Å². The minimum atomic E-state index is 0.955. The molecule has 94 valence electrons. The van der Waals surface area contributed by atoms with E-state index in [1.807, 2.05) is 0 Å². The van der Waals surface area contributed by atoms with Gasteiger partial charge in [0.15, 0.2) is 0 Å². The van der Waals surface area contributed by atoms with Crippen molar-refractivity contribution in [1.29, 1.82) is 0 Å². The van der Waals surface area contributed by atoms with Crippen molar-refractivity contribution in [2.75, 3.05) is 24.5 Å². The number of hydrogen-bond acceptors (Lipinski definition) is 2. The molecule has 0 radical (unpaired) electrons. The van der Waals surface area contributed by atoms with Crippen molar-refractivity contribution in [2.45, 2.75) is 33.2 Å². The lowest BCUT2D eigenvalue weighted by atomic mass is 10.2. The molecule has 0 unspecified atom stereocenters. The molecule has 1 aromatic rings. The Morgan fingerprint density at radius 1 is 1.18 bits per heavy atom. The number of hydrogen-bond donors (Lipinski definition) is 1. The van der Waals surface area contributed by atoms with Crippen LogP contribution in [0.5, 0.6) is 0 Å². The highest BCUT2D eigenvalue weighted by Gasteiger charge is 2.23. The largest absolute Gasteiger partial charge is 0.372 e. The molecule has 0 aliphatic heterocycles. The van der Waals surface area contributed by atoms with Crippen molar-refractivity contribution >= 4 is 5.69 Å². The number of anilines is 1. The van der Waals surface area contributed by atoms with E-state index in [0.29, 0.717) is 0 Å². The summed E-state index contributed by atoms with van der Waals surface area (Å²) in [5, 5.41) is 3.36. The molecule has 0 bridgehead atoms. The first kappa shape index (κ1) is 12.4. The second-order valence-electron chi connectivity index (χ2n) is 4.93. The zero-order valence-electron chi connectivity index (χ0n) is 11.1. The molecule has 1 fully saturated rings. The highest BCUT2D eigenvalue weighted by atomic mass is 15.1. The number of rotatable bonds is 7. The lowest BCUT2D eigenvalue weighted by Gasteiger charge is -2.23. The van der Waals surface area contributed by atoms with Crippen LogP contribution in [-0.2, 0) is 6.54 Å². The Morgan fingerprint density at radius 3 is 2.41 bits per heavy atom. The fraction of sp³-hybridized carbons (Fsp3) is 0.600. The van der Waals surface area contributed by atoms with Crippen LogP contribution in [0.15, 0.2) is 24.3 Å². The van der Waals surface area contributed by atoms with Crippen LogP contribution in [0.4, 0.5) is 5.69 Å². The summed E-state index contributed by atoms with van der Waals surface area (Å²) in [5.74, 6) is 0.955. The second-order valence-corrected chi connectivity index (χ2v) is 4.93. The molecule has 2 heteroatoms. The summed E-state index contributed by atoms with van der Waals surface area (Å²) in [5.41, 5.74) is 2.75. The van der Waals surface area contributed by atoms with Crippen LogP contribution in [0.25, 0.3) is 0 Å². The fourth-order valence-electron chi connectivity index (χ4n) is 2.12. The Bertz CT molecular complexity index is 327. The zero-order valence-corrected chi connectivity index (χ0v) is 11.1. The van der Waals surface area contributed by atoms with Gasteiger partial charge >= 0.3 is 0 Å². The van der Waals surface area contributed by atoms with E-state index >= 15 is 0 Å². The van der Waals surface area contributed by atoms with Crippen LogP contribution >= 0.6 is 0 Å². The monoisotopic (exact) mass is 232 g/mol. The average molecular weight is 232 g/mol. The Morgan fingerprint density at radius 2 is 1.88 bits per heavy atom. The quantitative estimate of drug-likeness (QED) is 0.777. The minimum absolute atomic E-state index is 0.955. The summed E-state index contributed by atoms with van der Waals surface area (Å²) < 4.78 is 0. The molecule has 2 nitrogen and oxygen atoms in total. The highest BCUT2D eigenvalue weighted by molar-refractivity contribution is 5.47. The van der Waals surface area contributed by atoms with Gasteiger partial charge in [0.05, 0.1) is 0 Å². The van der Waals surface area contributed by atoms with Crippen molar-refractivity contribution in [3.63, 3.8) is 0 Å². The average Bonchev–Trinajstić information content (AvgIpc) is 3.18. The van der Waals surface area contributed by atoms with Crippen molar-refractivity contribution in [3.05, 3.63) is 29.8 Å². The third-order valence-electron chi connectivity index (χ3n) is 3.44. The van der Waals surface area contributed by atoms with Crippen LogP contribution in [0.2, 0.25) is 0 Å². The summed E-state index contributed by atoms with van der Waals surface area (Å²) in [7, 11) is 0. The fourth-order valence-corrected chi connectivity index (χ4v) is 2.12. The first-order chi connectivity index (χ1) is 8.33. The molecule has 0 aromatic heterocycles. The predicted octanol–water partition coefficient (Wildman–Crippen LogP) is 3.03. The lowest BCUT2D eigenvalue weighted by Crippen LogP contribution is -2.25. The summed E-state index contributed by atoms with van der Waals surface area (Å²) in [6.07, 6.45) is 2.85. The van der Waals surface area contributed by atoms with E-state index in [0.717, 1.165) is 25.6 Å². The molecule has 0 heterocycles. The molecule has 1 aliphatic carbocycles. The predicted molar refractivity (Wildman–Crippen MR) is 74.4 cm³/mol. The number of nitrogens with one attached hydrogen (secondary N) is 1. The van der Waals surface area contributed by atoms with Gasteiger partial charge in [-0.2, -0.15) is 0 Å². The normalized spacial score (nSPS) is 14.9. The summed E-state index contributed by atoms with van der Waals surface area (Å²) in [6, 6.07) is 9.01. The highest BCUT2D eigenvalue weighted by Crippen LogP contribution is 2.31. The van der Waals surface area contributed by atoms with E-state index in [4.69, 9.17) is 0 Å². The minimum Gasteiger partial charge on any atom is -0.372 e. The van der Waals surface area contributed by atoms with Crippen molar-refractivity contribution in [1.82, 2.24) is 5.32 Å². The topological polar surface area (TPSA) is 15.3 Å². The molecule has 0 spiro atoms. The maximum atomic E-state index is 3.36. The third-order valence-corrected chi connectivity index (χ3v) is 3.44. The maximum absolute atomic E-state index is 3.36. The summed E-state index contributed by atoms with van der Waals surface area (Å²) >= 11 is 0. The van der Waals surface area contributed by atoms with Crippen molar-refractivity contribution < 1.29 is 0 Å². The Kier molecular flexibility index (Phi) is 4.43. The molecular weight excluding hydrogens is 208 g/mol. The number of nitrogens with zero attached hydrogens (tertiary/aromatic N) is 1. The maximum Gasteiger partial charge on any atom is 0.0366 e. The third kappa shape index (κ3) is 3.74. The van der Waals surface area contributed by atoms with Crippen LogP contribution in [0.3, 0.4) is 0 Å². The Labute approximate surface area is 105 Å². The smallest absolute Gasteiger partial charge is 0.0366 e. The molecular formula is C15H24N2. The van der Waals surface area contributed by atoms with Gasteiger partial charge < -0.3 is 10.2 Å². The Balaban J connectivity index is 1.94. The van der Waals surface area contributed by atoms with E-state index in [-0.39, 0.29) is 0 Å². The van der Waals surface area contributed by atoms with Gasteiger partial charge in [-0.1, -0.05) is 19.1 Å². The molecule has 1 aromatic carbocycles. The van der Waals surface area contributed by atoms with Gasteiger partial charge in [-0.3, -0.25) is 0 Å². The summed E-state index contributed by atoms with van der Waals surface area (Å²) in [4.78, 5) is 2.49. The molecule has 1 N–H and O–H groups in total. The molecule has 1 aliphatic rings. The standard InChI is InChI=1S/C15H24N2/c1-3-16-11-13-7-9-15(10-8-13)17(4-2)12-14-5-6-14/h7-10,14,16H,3-6,11-12H2,1-2H3. The van der Waals surface area contributed by atoms with E-state index < -0.39 is 0 Å². The first-order valence-corrected chi connectivity index (χ1v) is 6.88. The SMILES string of the molecule is CCNCc1ccc(N(CC)CC2CC2)cc1. The van der Waals surface area contributed by atoms with Crippen LogP contribution < -0.4 is 10.2 Å². The van der Waals surface area contributed by atoms with E-state index in [1.54, 1.807) is 0 Å². The second kappa shape index (κ2) is 6.06. The lowest BCUT2D eigenvalue weighted by molar-refractivity contribution is 0.724. The van der Waals surface area contributed by atoms with E-state index in [1.165, 1.54) is 30.6 Å². The first-order valence-electron chi connectivity index (χ1n) is 6.88. The molecule has 1 saturated carbocycles.